The third kappa shape index (κ3) is 4.98. The van der Waals surface area contributed by atoms with Gasteiger partial charge in [0.1, 0.15) is 24.5 Å². The standard InChI is InChI=1S/C15H16F3N2O8P/c1-2-3-24-10-6-12(28-11(10)8-27-29(23)25-4-5-26-29)20-7-9(15(16,17)18)13(21)19-14(20)22/h1,7,10-12H,3-6,8H2,(H,19,21,22)/t10-,11+,12+/m0/s1. The molecule has 29 heavy (non-hydrogen) atoms. The van der Waals surface area contributed by atoms with E-state index in [2.05, 4.69) is 5.92 Å². The molecule has 1 aromatic rings. The molecule has 2 aliphatic heterocycles. The number of aromatic nitrogens is 2. The van der Waals surface area contributed by atoms with E-state index in [1.807, 2.05) is 0 Å². The molecule has 3 atom stereocenters. The van der Waals surface area contributed by atoms with E-state index in [1.54, 1.807) is 4.98 Å². The number of phosphoric ester groups is 1. The zero-order valence-corrected chi connectivity index (χ0v) is 15.6. The van der Waals surface area contributed by atoms with Crippen molar-refractivity contribution >= 4 is 7.82 Å². The number of nitrogens with zero attached hydrogens (tertiary/aromatic N) is 1. The van der Waals surface area contributed by atoms with Crippen molar-refractivity contribution in [2.75, 3.05) is 26.4 Å². The zero-order valence-electron chi connectivity index (χ0n) is 14.7. The number of H-pyrrole nitrogens is 1. The first-order valence-electron chi connectivity index (χ1n) is 8.30. The highest BCUT2D eigenvalue weighted by Gasteiger charge is 2.42. The smallest absolute Gasteiger partial charge is 0.363 e. The Morgan fingerprint density at radius 1 is 1.34 bits per heavy atom. The first-order valence-corrected chi connectivity index (χ1v) is 9.76. The number of alkyl halides is 3. The van der Waals surface area contributed by atoms with Gasteiger partial charge in [-0.15, -0.1) is 6.42 Å². The van der Waals surface area contributed by atoms with E-state index in [0.29, 0.717) is 10.8 Å². The van der Waals surface area contributed by atoms with Crippen molar-refractivity contribution in [1.29, 1.82) is 0 Å². The molecule has 1 aromatic heterocycles. The third-order valence-electron chi connectivity index (χ3n) is 4.12. The Balaban J connectivity index is 1.82. The fourth-order valence-corrected chi connectivity index (χ4v) is 3.98. The largest absolute Gasteiger partial charge is 0.475 e. The SMILES string of the molecule is C#CCO[C@H]1C[C@H](n2cc(C(F)(F)F)c(=O)[nH]c2=O)O[C@@H]1COP1(=O)OCCO1. The second-order valence-corrected chi connectivity index (χ2v) is 7.70. The zero-order chi connectivity index (χ0) is 21.2. The highest BCUT2D eigenvalue weighted by Crippen LogP contribution is 2.53. The Kier molecular flexibility index (Phi) is 6.33. The van der Waals surface area contributed by atoms with Crippen molar-refractivity contribution in [3.05, 3.63) is 32.6 Å². The van der Waals surface area contributed by atoms with Crippen molar-refractivity contribution in [1.82, 2.24) is 9.55 Å². The molecule has 0 spiro atoms. The highest BCUT2D eigenvalue weighted by atomic mass is 31.2. The summed E-state index contributed by atoms with van der Waals surface area (Å²) in [6, 6.07) is 0. The van der Waals surface area contributed by atoms with Crippen LogP contribution in [0, 0.1) is 12.3 Å². The molecule has 14 heteroatoms. The van der Waals surface area contributed by atoms with Gasteiger partial charge >= 0.3 is 19.7 Å². The predicted octanol–water partition coefficient (Wildman–Crippen LogP) is 1.03. The summed E-state index contributed by atoms with van der Waals surface area (Å²) in [7, 11) is -3.75. The lowest BCUT2D eigenvalue weighted by Crippen LogP contribution is -2.36. The van der Waals surface area contributed by atoms with Gasteiger partial charge in [-0.2, -0.15) is 13.2 Å². The van der Waals surface area contributed by atoms with Crippen LogP contribution in [0.1, 0.15) is 18.2 Å². The third-order valence-corrected chi connectivity index (χ3v) is 5.59. The van der Waals surface area contributed by atoms with Crippen molar-refractivity contribution in [3.8, 4) is 12.3 Å². The second-order valence-electron chi connectivity index (χ2n) is 6.03. The van der Waals surface area contributed by atoms with Crippen LogP contribution in [-0.4, -0.2) is 48.2 Å². The van der Waals surface area contributed by atoms with E-state index in [-0.39, 0.29) is 32.8 Å². The maximum atomic E-state index is 13.0. The molecule has 2 saturated heterocycles. The van der Waals surface area contributed by atoms with E-state index in [9.17, 15) is 27.3 Å². The van der Waals surface area contributed by atoms with E-state index in [4.69, 9.17) is 29.5 Å². The molecule has 0 amide bonds. The minimum Gasteiger partial charge on any atom is -0.363 e. The van der Waals surface area contributed by atoms with Crippen LogP contribution in [0.5, 0.6) is 0 Å². The Bertz CT molecular complexity index is 943. The molecule has 2 fully saturated rings. The van der Waals surface area contributed by atoms with Gasteiger partial charge in [-0.05, 0) is 0 Å². The summed E-state index contributed by atoms with van der Waals surface area (Å²) in [5, 5.41) is 0. The fourth-order valence-electron chi connectivity index (χ4n) is 2.83. The van der Waals surface area contributed by atoms with Crippen LogP contribution in [0.2, 0.25) is 0 Å². The lowest BCUT2D eigenvalue weighted by atomic mass is 10.2. The van der Waals surface area contributed by atoms with Gasteiger partial charge in [0.25, 0.3) is 5.56 Å². The summed E-state index contributed by atoms with van der Waals surface area (Å²) in [6.45, 7) is -0.339. The molecule has 10 nitrogen and oxygen atoms in total. The van der Waals surface area contributed by atoms with Crippen LogP contribution in [0.15, 0.2) is 15.8 Å². The predicted molar refractivity (Wildman–Crippen MR) is 88.9 cm³/mol. The lowest BCUT2D eigenvalue weighted by Gasteiger charge is -2.19. The number of nitrogens with one attached hydrogen (secondary N) is 1. The molecule has 3 heterocycles. The Hall–Kier alpha value is -1.94. The quantitative estimate of drug-likeness (QED) is 0.515. The number of terminal acetylenes is 1. The number of hydrogen-bond donors (Lipinski definition) is 1. The average molecular weight is 440 g/mol. The molecule has 3 rings (SSSR count). The number of halogens is 3. The monoisotopic (exact) mass is 440 g/mol. The maximum absolute atomic E-state index is 13.0. The number of phosphoric acid groups is 1. The topological polar surface area (TPSA) is 118 Å². The highest BCUT2D eigenvalue weighted by molar-refractivity contribution is 7.48. The van der Waals surface area contributed by atoms with Gasteiger partial charge in [0.15, 0.2) is 0 Å². The molecule has 0 unspecified atom stereocenters. The van der Waals surface area contributed by atoms with Crippen LogP contribution in [-0.2, 0) is 33.8 Å². The van der Waals surface area contributed by atoms with Crippen LogP contribution < -0.4 is 11.2 Å². The number of aromatic amines is 1. The van der Waals surface area contributed by atoms with E-state index in [0.717, 1.165) is 0 Å². The summed E-state index contributed by atoms with van der Waals surface area (Å²) >= 11 is 0. The maximum Gasteiger partial charge on any atom is 0.475 e. The van der Waals surface area contributed by atoms with Gasteiger partial charge in [-0.3, -0.25) is 27.9 Å². The minimum atomic E-state index is -4.97. The first-order chi connectivity index (χ1) is 13.6. The van der Waals surface area contributed by atoms with Crippen LogP contribution in [0.4, 0.5) is 13.2 Å². The van der Waals surface area contributed by atoms with Gasteiger partial charge in [-0.1, -0.05) is 5.92 Å². The molecule has 0 aliphatic carbocycles. The summed E-state index contributed by atoms with van der Waals surface area (Å²) in [5.74, 6) is 2.23. The van der Waals surface area contributed by atoms with Crippen molar-refractivity contribution < 1.29 is 40.8 Å². The molecule has 0 aromatic carbocycles. The second kappa shape index (κ2) is 8.43. The average Bonchev–Trinajstić information content (AvgIpc) is 3.24. The van der Waals surface area contributed by atoms with E-state index >= 15 is 0 Å². The summed E-state index contributed by atoms with van der Waals surface area (Å²) in [6.07, 6.45) is -2.48. The van der Waals surface area contributed by atoms with Crippen molar-refractivity contribution in [3.63, 3.8) is 0 Å². The molecule has 160 valence electrons. The van der Waals surface area contributed by atoms with Crippen LogP contribution in [0.25, 0.3) is 0 Å². The number of rotatable bonds is 6. The van der Waals surface area contributed by atoms with Crippen LogP contribution in [0.3, 0.4) is 0 Å². The van der Waals surface area contributed by atoms with Crippen molar-refractivity contribution in [2.24, 2.45) is 0 Å². The Morgan fingerprint density at radius 3 is 2.66 bits per heavy atom. The number of ether oxygens (including phenoxy) is 2. The number of hydrogen-bond acceptors (Lipinski definition) is 8. The Morgan fingerprint density at radius 2 is 2.03 bits per heavy atom. The molecule has 1 N–H and O–H groups in total. The molecule has 2 aliphatic rings. The van der Waals surface area contributed by atoms with Gasteiger partial charge < -0.3 is 9.47 Å². The van der Waals surface area contributed by atoms with Crippen molar-refractivity contribution in [2.45, 2.75) is 31.0 Å². The lowest BCUT2D eigenvalue weighted by molar-refractivity contribution is -0.139. The minimum absolute atomic E-state index is 0.0784. The van der Waals surface area contributed by atoms with Gasteiger partial charge in [-0.25, -0.2) is 9.36 Å². The molecule has 0 saturated carbocycles. The molecule has 0 radical (unpaired) electrons. The molecular formula is C15H16F3N2O8P. The van der Waals surface area contributed by atoms with Crippen LogP contribution >= 0.6 is 7.82 Å². The summed E-state index contributed by atoms with van der Waals surface area (Å²) < 4.78 is 77.5. The molecule has 0 bridgehead atoms. The van der Waals surface area contributed by atoms with Gasteiger partial charge in [0.05, 0.1) is 25.9 Å². The summed E-state index contributed by atoms with van der Waals surface area (Å²) in [5.41, 5.74) is -4.22. The van der Waals surface area contributed by atoms with E-state index in [1.165, 1.54) is 0 Å². The first kappa shape index (κ1) is 21.8. The summed E-state index contributed by atoms with van der Waals surface area (Å²) in [4.78, 5) is 25.1. The van der Waals surface area contributed by atoms with Gasteiger partial charge in [0.2, 0.25) is 0 Å². The van der Waals surface area contributed by atoms with Gasteiger partial charge in [0, 0.05) is 12.6 Å². The normalized spacial score (nSPS) is 26.5. The fraction of sp³-hybridized carbons (Fsp3) is 0.600. The van der Waals surface area contributed by atoms with E-state index < -0.39 is 49.2 Å². The molecular weight excluding hydrogens is 424 g/mol. The Labute approximate surface area is 161 Å².